The Balaban J connectivity index is 3.37. The lowest BCUT2D eigenvalue weighted by atomic mass is 10.2. The molecule has 0 atom stereocenters. The van der Waals surface area contributed by atoms with Gasteiger partial charge in [-0.2, -0.15) is 0 Å². The molecule has 0 aromatic rings. The SMILES string of the molecule is C#CCSCCNCC(=O)OC(C)(C)C. The molecule has 3 nitrogen and oxygen atoms in total. The first-order valence-electron chi connectivity index (χ1n) is 4.89. The predicted octanol–water partition coefficient (Wildman–Crippen LogP) is 1.28. The monoisotopic (exact) mass is 229 g/mol. The molecule has 0 saturated heterocycles. The van der Waals surface area contributed by atoms with Crippen LogP contribution < -0.4 is 5.32 Å². The Bertz CT molecular complexity index is 228. The third-order valence-corrected chi connectivity index (χ3v) is 2.16. The largest absolute Gasteiger partial charge is 0.459 e. The molecule has 0 aromatic heterocycles. The molecular formula is C11H19NO2S. The number of hydrogen-bond donors (Lipinski definition) is 1. The summed E-state index contributed by atoms with van der Waals surface area (Å²) in [4.78, 5) is 11.2. The van der Waals surface area contributed by atoms with Gasteiger partial charge in [0.05, 0.1) is 12.3 Å². The van der Waals surface area contributed by atoms with Crippen LogP contribution in [0.1, 0.15) is 20.8 Å². The van der Waals surface area contributed by atoms with Crippen molar-refractivity contribution in [2.45, 2.75) is 26.4 Å². The number of rotatable bonds is 6. The van der Waals surface area contributed by atoms with Crippen LogP contribution in [0.5, 0.6) is 0 Å². The third kappa shape index (κ3) is 11.3. The second kappa shape index (κ2) is 7.61. The maximum atomic E-state index is 11.2. The Morgan fingerprint density at radius 1 is 1.53 bits per heavy atom. The highest BCUT2D eigenvalue weighted by Gasteiger charge is 2.15. The fourth-order valence-corrected chi connectivity index (χ4v) is 1.39. The van der Waals surface area contributed by atoms with E-state index in [0.29, 0.717) is 5.75 Å². The first kappa shape index (κ1) is 14.3. The second-order valence-corrected chi connectivity index (χ2v) is 5.13. The van der Waals surface area contributed by atoms with Gasteiger partial charge in [0, 0.05) is 12.3 Å². The molecule has 1 N–H and O–H groups in total. The zero-order valence-electron chi connectivity index (χ0n) is 9.63. The minimum atomic E-state index is -0.406. The molecule has 0 unspecified atom stereocenters. The van der Waals surface area contributed by atoms with Crippen LogP contribution in [0, 0.1) is 12.3 Å². The summed E-state index contributed by atoms with van der Waals surface area (Å²) in [6, 6.07) is 0. The van der Waals surface area contributed by atoms with Gasteiger partial charge in [0.2, 0.25) is 0 Å². The van der Waals surface area contributed by atoms with Crippen LogP contribution in [0.15, 0.2) is 0 Å². The molecule has 0 aliphatic rings. The normalized spacial score (nSPS) is 10.8. The van der Waals surface area contributed by atoms with Crippen LogP contribution in [-0.4, -0.2) is 36.2 Å². The summed E-state index contributed by atoms with van der Waals surface area (Å²) in [7, 11) is 0. The second-order valence-electron chi connectivity index (χ2n) is 4.02. The maximum absolute atomic E-state index is 11.2. The van der Waals surface area contributed by atoms with Gasteiger partial charge in [-0.05, 0) is 20.8 Å². The molecule has 0 spiro atoms. The van der Waals surface area contributed by atoms with Crippen LogP contribution in [0.2, 0.25) is 0 Å². The number of terminal acetylenes is 1. The molecule has 0 bridgehead atoms. The Hall–Kier alpha value is -0.660. The molecular weight excluding hydrogens is 210 g/mol. The van der Waals surface area contributed by atoms with E-state index in [1.807, 2.05) is 20.8 Å². The molecule has 0 aliphatic carbocycles. The van der Waals surface area contributed by atoms with E-state index >= 15 is 0 Å². The number of esters is 1. The van der Waals surface area contributed by atoms with Gasteiger partial charge in [0.15, 0.2) is 0 Å². The van der Waals surface area contributed by atoms with E-state index in [1.54, 1.807) is 11.8 Å². The number of nitrogens with one attached hydrogen (secondary N) is 1. The zero-order chi connectivity index (χ0) is 11.7. The number of carbonyl (C=O) groups excluding carboxylic acids is 1. The fraction of sp³-hybridized carbons (Fsp3) is 0.727. The summed E-state index contributed by atoms with van der Waals surface area (Å²) in [6.45, 7) is 6.59. The van der Waals surface area contributed by atoms with Gasteiger partial charge in [-0.3, -0.25) is 4.79 Å². The molecule has 0 heterocycles. The predicted molar refractivity (Wildman–Crippen MR) is 64.9 cm³/mol. The van der Waals surface area contributed by atoms with Gasteiger partial charge in [-0.1, -0.05) is 5.92 Å². The standard InChI is InChI=1S/C11H19NO2S/c1-5-7-15-8-6-12-9-10(13)14-11(2,3)4/h1,12H,6-9H2,2-4H3. The van der Waals surface area contributed by atoms with E-state index < -0.39 is 5.60 Å². The van der Waals surface area contributed by atoms with Crippen molar-refractivity contribution >= 4 is 17.7 Å². The van der Waals surface area contributed by atoms with E-state index in [1.165, 1.54) is 0 Å². The van der Waals surface area contributed by atoms with E-state index in [-0.39, 0.29) is 12.5 Å². The van der Waals surface area contributed by atoms with Crippen LogP contribution >= 0.6 is 11.8 Å². The van der Waals surface area contributed by atoms with Crippen molar-refractivity contribution in [3.05, 3.63) is 0 Å². The van der Waals surface area contributed by atoms with Crippen molar-refractivity contribution in [3.63, 3.8) is 0 Å². The van der Waals surface area contributed by atoms with Crippen molar-refractivity contribution in [3.8, 4) is 12.3 Å². The Kier molecular flexibility index (Phi) is 7.27. The minimum Gasteiger partial charge on any atom is -0.459 e. The smallest absolute Gasteiger partial charge is 0.320 e. The van der Waals surface area contributed by atoms with Gasteiger partial charge in [-0.15, -0.1) is 18.2 Å². The average Bonchev–Trinajstić information content (AvgIpc) is 2.08. The van der Waals surface area contributed by atoms with Crippen LogP contribution in [0.4, 0.5) is 0 Å². The van der Waals surface area contributed by atoms with Crippen molar-refractivity contribution in [2.24, 2.45) is 0 Å². The van der Waals surface area contributed by atoms with E-state index in [0.717, 1.165) is 12.3 Å². The summed E-state index contributed by atoms with van der Waals surface area (Å²) >= 11 is 1.67. The van der Waals surface area contributed by atoms with Crippen LogP contribution in [0.25, 0.3) is 0 Å². The number of ether oxygens (including phenoxy) is 1. The van der Waals surface area contributed by atoms with E-state index in [2.05, 4.69) is 11.2 Å². The van der Waals surface area contributed by atoms with Crippen LogP contribution in [0.3, 0.4) is 0 Å². The zero-order valence-corrected chi connectivity index (χ0v) is 10.4. The maximum Gasteiger partial charge on any atom is 0.320 e. The molecule has 0 aliphatic heterocycles. The van der Waals surface area contributed by atoms with Gasteiger partial charge in [0.1, 0.15) is 5.60 Å². The number of carbonyl (C=O) groups is 1. The highest BCUT2D eigenvalue weighted by atomic mass is 32.2. The minimum absolute atomic E-state index is 0.218. The van der Waals surface area contributed by atoms with Gasteiger partial charge in [0.25, 0.3) is 0 Å². The van der Waals surface area contributed by atoms with E-state index in [4.69, 9.17) is 11.2 Å². The number of hydrogen-bond acceptors (Lipinski definition) is 4. The molecule has 0 saturated carbocycles. The van der Waals surface area contributed by atoms with Gasteiger partial charge in [-0.25, -0.2) is 0 Å². The Morgan fingerprint density at radius 2 is 2.20 bits per heavy atom. The van der Waals surface area contributed by atoms with Gasteiger partial charge >= 0.3 is 5.97 Å². The molecule has 0 rings (SSSR count). The summed E-state index contributed by atoms with van der Waals surface area (Å²) in [6.07, 6.45) is 5.10. The molecule has 0 aromatic carbocycles. The summed E-state index contributed by atoms with van der Waals surface area (Å²) in [5, 5.41) is 3.00. The quantitative estimate of drug-likeness (QED) is 0.423. The lowest BCUT2D eigenvalue weighted by Crippen LogP contribution is -2.32. The summed E-state index contributed by atoms with van der Waals surface area (Å²) in [5.74, 6) is 3.95. The highest BCUT2D eigenvalue weighted by Crippen LogP contribution is 2.06. The summed E-state index contributed by atoms with van der Waals surface area (Å²) < 4.78 is 5.12. The molecule has 0 amide bonds. The summed E-state index contributed by atoms with van der Waals surface area (Å²) in [5.41, 5.74) is -0.406. The van der Waals surface area contributed by atoms with Crippen molar-refractivity contribution < 1.29 is 9.53 Å². The van der Waals surface area contributed by atoms with Crippen molar-refractivity contribution in [2.75, 3.05) is 24.6 Å². The van der Waals surface area contributed by atoms with Crippen molar-refractivity contribution in [1.82, 2.24) is 5.32 Å². The fourth-order valence-electron chi connectivity index (χ4n) is 0.843. The molecule has 0 radical (unpaired) electrons. The third-order valence-electron chi connectivity index (χ3n) is 1.30. The molecule has 15 heavy (non-hydrogen) atoms. The van der Waals surface area contributed by atoms with Crippen molar-refractivity contribution in [1.29, 1.82) is 0 Å². The van der Waals surface area contributed by atoms with E-state index in [9.17, 15) is 4.79 Å². The lowest BCUT2D eigenvalue weighted by molar-refractivity contribution is -0.153. The topological polar surface area (TPSA) is 38.3 Å². The highest BCUT2D eigenvalue weighted by molar-refractivity contribution is 7.99. The Labute approximate surface area is 96.3 Å². The molecule has 0 fully saturated rings. The first-order valence-corrected chi connectivity index (χ1v) is 6.05. The molecule has 4 heteroatoms. The first-order chi connectivity index (χ1) is 6.95. The lowest BCUT2D eigenvalue weighted by Gasteiger charge is -2.19. The average molecular weight is 229 g/mol. The van der Waals surface area contributed by atoms with Gasteiger partial charge < -0.3 is 10.1 Å². The van der Waals surface area contributed by atoms with Crippen LogP contribution in [-0.2, 0) is 9.53 Å². The number of thioether (sulfide) groups is 1. The Morgan fingerprint density at radius 3 is 2.73 bits per heavy atom. The molecule has 86 valence electrons.